The number of nitriles is 1. The standard InChI is InChI=1S/C15H11NO2/c1-2-11-18-15(17)14(12-16)10-6-9-13-7-4-3-5-8-13/h1,3-10H,11H2/b9-6+,14-10+. The average Bonchev–Trinajstić information content (AvgIpc) is 2.42. The Balaban J connectivity index is 2.70. The lowest BCUT2D eigenvalue weighted by molar-refractivity contribution is -0.137. The molecule has 3 nitrogen and oxygen atoms in total. The van der Waals surface area contributed by atoms with Gasteiger partial charge < -0.3 is 4.74 Å². The van der Waals surface area contributed by atoms with Gasteiger partial charge in [0.15, 0.2) is 6.61 Å². The molecule has 0 aromatic heterocycles. The highest BCUT2D eigenvalue weighted by Gasteiger charge is 2.07. The zero-order valence-corrected chi connectivity index (χ0v) is 9.67. The quantitative estimate of drug-likeness (QED) is 0.265. The van der Waals surface area contributed by atoms with Crippen LogP contribution >= 0.6 is 0 Å². The number of hydrogen-bond acceptors (Lipinski definition) is 3. The van der Waals surface area contributed by atoms with Crippen molar-refractivity contribution in [1.29, 1.82) is 5.26 Å². The number of esters is 1. The Morgan fingerprint density at radius 2 is 2.11 bits per heavy atom. The second kappa shape index (κ2) is 7.49. The SMILES string of the molecule is C#CCOC(=O)/C(C#N)=C/C=C/c1ccccc1. The second-order valence-corrected chi connectivity index (χ2v) is 3.24. The van der Waals surface area contributed by atoms with Gasteiger partial charge in [-0.25, -0.2) is 4.79 Å². The first kappa shape index (κ1) is 13.3. The molecule has 18 heavy (non-hydrogen) atoms. The third kappa shape index (κ3) is 4.38. The van der Waals surface area contributed by atoms with Crippen LogP contribution in [0.3, 0.4) is 0 Å². The van der Waals surface area contributed by atoms with Gasteiger partial charge in [0, 0.05) is 0 Å². The monoisotopic (exact) mass is 237 g/mol. The molecule has 1 rings (SSSR count). The van der Waals surface area contributed by atoms with Crippen molar-refractivity contribution in [2.75, 3.05) is 6.61 Å². The van der Waals surface area contributed by atoms with E-state index in [4.69, 9.17) is 11.7 Å². The summed E-state index contributed by atoms with van der Waals surface area (Å²) in [5.74, 6) is 1.45. The van der Waals surface area contributed by atoms with Crippen molar-refractivity contribution in [2.45, 2.75) is 0 Å². The van der Waals surface area contributed by atoms with Gasteiger partial charge in [-0.05, 0) is 11.6 Å². The molecule has 0 aliphatic heterocycles. The molecule has 0 N–H and O–H groups in total. The highest BCUT2D eigenvalue weighted by molar-refractivity contribution is 5.93. The normalized spacial score (nSPS) is 10.7. The minimum Gasteiger partial charge on any atom is -0.448 e. The van der Waals surface area contributed by atoms with Gasteiger partial charge in [0.2, 0.25) is 0 Å². The molecule has 88 valence electrons. The molecule has 0 saturated carbocycles. The van der Waals surface area contributed by atoms with Crippen LogP contribution in [-0.2, 0) is 9.53 Å². The van der Waals surface area contributed by atoms with Crippen molar-refractivity contribution in [2.24, 2.45) is 0 Å². The van der Waals surface area contributed by atoms with Gasteiger partial charge in [-0.2, -0.15) is 5.26 Å². The third-order valence-electron chi connectivity index (χ3n) is 1.98. The summed E-state index contributed by atoms with van der Waals surface area (Å²) in [5.41, 5.74) is 0.889. The number of carbonyl (C=O) groups excluding carboxylic acids is 1. The maximum Gasteiger partial charge on any atom is 0.349 e. The van der Waals surface area contributed by atoms with Gasteiger partial charge in [0.25, 0.3) is 0 Å². The smallest absolute Gasteiger partial charge is 0.349 e. The molecular formula is C15H11NO2. The van der Waals surface area contributed by atoms with Gasteiger partial charge in [0.05, 0.1) is 0 Å². The molecular weight excluding hydrogens is 226 g/mol. The summed E-state index contributed by atoms with van der Waals surface area (Å²) in [6.45, 7) is -0.139. The minimum absolute atomic E-state index is 0.0857. The number of nitrogens with zero attached hydrogens (tertiary/aromatic N) is 1. The highest BCUT2D eigenvalue weighted by Crippen LogP contribution is 2.03. The van der Waals surface area contributed by atoms with E-state index in [0.29, 0.717) is 0 Å². The summed E-state index contributed by atoms with van der Waals surface area (Å²) in [6.07, 6.45) is 9.75. The first-order valence-electron chi connectivity index (χ1n) is 5.22. The van der Waals surface area contributed by atoms with Crippen LogP contribution < -0.4 is 0 Å². The zero-order chi connectivity index (χ0) is 13.2. The van der Waals surface area contributed by atoms with Crippen LogP contribution in [-0.4, -0.2) is 12.6 Å². The number of terminal acetylenes is 1. The van der Waals surface area contributed by atoms with Crippen molar-refractivity contribution in [3.05, 3.63) is 53.6 Å². The summed E-state index contributed by atoms with van der Waals surface area (Å²) in [6, 6.07) is 11.3. The van der Waals surface area contributed by atoms with E-state index >= 15 is 0 Å². The zero-order valence-electron chi connectivity index (χ0n) is 9.67. The number of hydrogen-bond donors (Lipinski definition) is 0. The molecule has 0 atom stereocenters. The van der Waals surface area contributed by atoms with Crippen molar-refractivity contribution in [1.82, 2.24) is 0 Å². The molecule has 0 amide bonds. The highest BCUT2D eigenvalue weighted by atomic mass is 16.5. The lowest BCUT2D eigenvalue weighted by atomic mass is 10.2. The molecule has 0 radical (unpaired) electrons. The van der Waals surface area contributed by atoms with E-state index in [2.05, 4.69) is 10.7 Å². The lowest BCUT2D eigenvalue weighted by Crippen LogP contribution is -2.06. The van der Waals surface area contributed by atoms with E-state index in [1.54, 1.807) is 18.2 Å². The molecule has 0 aliphatic carbocycles. The van der Waals surface area contributed by atoms with E-state index in [-0.39, 0.29) is 12.2 Å². The Hall–Kier alpha value is -2.78. The van der Waals surface area contributed by atoms with Crippen LogP contribution in [0.15, 0.2) is 48.1 Å². The summed E-state index contributed by atoms with van der Waals surface area (Å²) in [4.78, 5) is 11.3. The number of carbonyl (C=O) groups is 1. The summed E-state index contributed by atoms with van der Waals surface area (Å²) >= 11 is 0. The van der Waals surface area contributed by atoms with Crippen molar-refractivity contribution < 1.29 is 9.53 Å². The van der Waals surface area contributed by atoms with Gasteiger partial charge in [0.1, 0.15) is 11.6 Å². The van der Waals surface area contributed by atoms with E-state index in [1.807, 2.05) is 30.3 Å². The Kier molecular flexibility index (Phi) is 5.53. The Bertz CT molecular complexity index is 542. The topological polar surface area (TPSA) is 50.1 Å². The molecule has 0 fully saturated rings. The Morgan fingerprint density at radius 3 is 2.72 bits per heavy atom. The van der Waals surface area contributed by atoms with Crippen molar-refractivity contribution in [3.63, 3.8) is 0 Å². The first-order valence-corrected chi connectivity index (χ1v) is 5.22. The Morgan fingerprint density at radius 1 is 1.39 bits per heavy atom. The summed E-state index contributed by atoms with van der Waals surface area (Å²) in [5, 5.41) is 8.79. The molecule has 3 heteroatoms. The van der Waals surface area contributed by atoms with E-state index in [0.717, 1.165) is 5.56 Å². The minimum atomic E-state index is -0.715. The van der Waals surface area contributed by atoms with Crippen LogP contribution in [0.4, 0.5) is 0 Å². The molecule has 0 spiro atoms. The fourth-order valence-corrected chi connectivity index (χ4v) is 1.16. The predicted octanol–water partition coefficient (Wildman–Crippen LogP) is 2.33. The van der Waals surface area contributed by atoms with Gasteiger partial charge in [-0.1, -0.05) is 48.4 Å². The Labute approximate surface area is 106 Å². The lowest BCUT2D eigenvalue weighted by Gasteiger charge is -1.96. The van der Waals surface area contributed by atoms with Crippen LogP contribution in [0, 0.1) is 23.7 Å². The van der Waals surface area contributed by atoms with Crippen LogP contribution in [0.1, 0.15) is 5.56 Å². The van der Waals surface area contributed by atoms with E-state index in [9.17, 15) is 4.79 Å². The average molecular weight is 237 g/mol. The predicted molar refractivity (Wildman–Crippen MR) is 69.0 cm³/mol. The molecule has 0 saturated heterocycles. The van der Waals surface area contributed by atoms with Crippen LogP contribution in [0.5, 0.6) is 0 Å². The second-order valence-electron chi connectivity index (χ2n) is 3.24. The summed E-state index contributed by atoms with van der Waals surface area (Å²) in [7, 11) is 0. The number of allylic oxidation sites excluding steroid dienone is 2. The van der Waals surface area contributed by atoms with Crippen molar-refractivity contribution >= 4 is 12.0 Å². The third-order valence-corrected chi connectivity index (χ3v) is 1.98. The first-order chi connectivity index (χ1) is 8.77. The fraction of sp³-hybridized carbons (Fsp3) is 0.0667. The van der Waals surface area contributed by atoms with Crippen LogP contribution in [0.25, 0.3) is 6.08 Å². The van der Waals surface area contributed by atoms with Gasteiger partial charge >= 0.3 is 5.97 Å². The maximum absolute atomic E-state index is 11.3. The number of ether oxygens (including phenoxy) is 1. The molecule has 0 bridgehead atoms. The summed E-state index contributed by atoms with van der Waals surface area (Å²) < 4.78 is 4.65. The number of rotatable bonds is 4. The molecule has 0 unspecified atom stereocenters. The van der Waals surface area contributed by atoms with Gasteiger partial charge in [-0.15, -0.1) is 6.42 Å². The van der Waals surface area contributed by atoms with Gasteiger partial charge in [-0.3, -0.25) is 0 Å². The van der Waals surface area contributed by atoms with Crippen molar-refractivity contribution in [3.8, 4) is 18.4 Å². The maximum atomic E-state index is 11.3. The molecule has 0 heterocycles. The number of benzene rings is 1. The largest absolute Gasteiger partial charge is 0.448 e. The molecule has 0 aliphatic rings. The van der Waals surface area contributed by atoms with Crippen LogP contribution in [0.2, 0.25) is 0 Å². The molecule has 1 aromatic carbocycles. The van der Waals surface area contributed by atoms with E-state index in [1.165, 1.54) is 6.08 Å². The fourth-order valence-electron chi connectivity index (χ4n) is 1.16. The molecule has 1 aromatic rings. The van der Waals surface area contributed by atoms with E-state index < -0.39 is 5.97 Å².